The first-order valence-corrected chi connectivity index (χ1v) is 11.6. The zero-order valence-corrected chi connectivity index (χ0v) is 19.7. The van der Waals surface area contributed by atoms with E-state index < -0.39 is 18.0 Å². The van der Waals surface area contributed by atoms with Crippen LogP contribution in [-0.2, 0) is 9.59 Å². The number of piperazine rings is 1. The van der Waals surface area contributed by atoms with Crippen molar-refractivity contribution in [1.29, 1.82) is 0 Å². The molecule has 2 aliphatic rings. The largest absolute Gasteiger partial charge is 0.490 e. The fraction of sp³-hybridized carbons (Fsp3) is 0.609. The second-order valence-electron chi connectivity index (χ2n) is 8.37. The number of carbonyl (C=O) groups excluding carboxylic acids is 2. The monoisotopic (exact) mass is 504 g/mol. The van der Waals surface area contributed by atoms with Gasteiger partial charge in [-0.25, -0.2) is 9.18 Å². The highest BCUT2D eigenvalue weighted by Gasteiger charge is 2.38. The highest BCUT2D eigenvalue weighted by molar-refractivity contribution is 5.94. The van der Waals surface area contributed by atoms with E-state index in [1.165, 1.54) is 12.1 Å². The SMILES string of the molecule is CCN1CCCC1CN(CCC(=O)N1CCNCC1)C(=O)c1cccc(F)c1.O=C(O)C(F)(F)F. The third-order valence-corrected chi connectivity index (χ3v) is 6.00. The summed E-state index contributed by atoms with van der Waals surface area (Å²) in [4.78, 5) is 40.5. The summed E-state index contributed by atoms with van der Waals surface area (Å²) in [5.41, 5.74) is 0.343. The summed E-state index contributed by atoms with van der Waals surface area (Å²) >= 11 is 0. The van der Waals surface area contributed by atoms with Crippen LogP contribution in [0.25, 0.3) is 0 Å². The third kappa shape index (κ3) is 9.10. The van der Waals surface area contributed by atoms with Gasteiger partial charge in [0.2, 0.25) is 5.91 Å². The molecule has 35 heavy (non-hydrogen) atoms. The van der Waals surface area contributed by atoms with Gasteiger partial charge in [-0.05, 0) is 44.1 Å². The lowest BCUT2D eigenvalue weighted by atomic mass is 10.1. The normalized spacial score (nSPS) is 18.5. The predicted octanol–water partition coefficient (Wildman–Crippen LogP) is 2.21. The lowest BCUT2D eigenvalue weighted by Gasteiger charge is -2.32. The Balaban J connectivity index is 0.000000540. The zero-order valence-electron chi connectivity index (χ0n) is 19.7. The minimum atomic E-state index is -5.08. The van der Waals surface area contributed by atoms with E-state index in [-0.39, 0.29) is 11.8 Å². The Morgan fingerprint density at radius 2 is 1.83 bits per heavy atom. The summed E-state index contributed by atoms with van der Waals surface area (Å²) in [5.74, 6) is -3.29. The van der Waals surface area contributed by atoms with Crippen molar-refractivity contribution in [2.75, 3.05) is 52.4 Å². The first kappa shape index (κ1) is 28.5. The second kappa shape index (κ2) is 13.4. The van der Waals surface area contributed by atoms with Gasteiger partial charge < -0.3 is 20.2 Å². The molecule has 1 aromatic carbocycles. The molecule has 0 aliphatic carbocycles. The Hall–Kier alpha value is -2.73. The van der Waals surface area contributed by atoms with Crippen LogP contribution in [0.15, 0.2) is 24.3 Å². The Morgan fingerprint density at radius 3 is 2.40 bits per heavy atom. The number of aliphatic carboxylic acids is 1. The van der Waals surface area contributed by atoms with Crippen molar-refractivity contribution in [1.82, 2.24) is 20.0 Å². The standard InChI is InChI=1S/C21H31FN4O2.C2HF3O2/c1-2-24-11-4-7-19(24)16-26(21(28)17-5-3-6-18(22)15-17)12-8-20(27)25-13-9-23-10-14-25;3-2(4,5)1(6)7/h3,5-6,15,19,23H,2,4,7-14,16H2,1H3;(H,6,7). The van der Waals surface area contributed by atoms with E-state index in [1.54, 1.807) is 17.0 Å². The summed E-state index contributed by atoms with van der Waals surface area (Å²) in [6, 6.07) is 6.12. The van der Waals surface area contributed by atoms with Gasteiger partial charge in [0, 0.05) is 57.3 Å². The van der Waals surface area contributed by atoms with E-state index in [0.717, 1.165) is 39.0 Å². The number of nitrogens with one attached hydrogen (secondary N) is 1. The molecule has 12 heteroatoms. The molecular formula is C23H32F4N4O4. The molecule has 1 atom stereocenters. The number of likely N-dealkylation sites (N-methyl/N-ethyl adjacent to an activating group) is 1. The molecule has 2 aliphatic heterocycles. The van der Waals surface area contributed by atoms with Gasteiger partial charge in [-0.2, -0.15) is 13.2 Å². The van der Waals surface area contributed by atoms with Crippen molar-refractivity contribution in [3.63, 3.8) is 0 Å². The minimum absolute atomic E-state index is 0.0808. The summed E-state index contributed by atoms with van der Waals surface area (Å²) in [7, 11) is 0. The van der Waals surface area contributed by atoms with Crippen LogP contribution in [0.5, 0.6) is 0 Å². The molecule has 1 aromatic rings. The van der Waals surface area contributed by atoms with Crippen molar-refractivity contribution in [3.05, 3.63) is 35.6 Å². The minimum Gasteiger partial charge on any atom is -0.475 e. The average Bonchev–Trinajstić information content (AvgIpc) is 3.28. The number of likely N-dealkylation sites (tertiary alicyclic amines) is 1. The van der Waals surface area contributed by atoms with Crippen LogP contribution in [0, 0.1) is 5.82 Å². The average molecular weight is 505 g/mol. The molecule has 8 nitrogen and oxygen atoms in total. The van der Waals surface area contributed by atoms with Crippen LogP contribution >= 0.6 is 0 Å². The van der Waals surface area contributed by atoms with Crippen LogP contribution in [-0.4, -0.2) is 102 Å². The topological polar surface area (TPSA) is 93.2 Å². The Bertz CT molecular complexity index is 862. The fourth-order valence-electron chi connectivity index (χ4n) is 4.16. The van der Waals surface area contributed by atoms with Crippen LogP contribution in [0.3, 0.4) is 0 Å². The molecule has 2 N–H and O–H groups in total. The molecule has 0 aromatic heterocycles. The number of benzene rings is 1. The number of carboxylic acid groups (broad SMARTS) is 1. The van der Waals surface area contributed by atoms with Crippen molar-refractivity contribution in [2.24, 2.45) is 0 Å². The van der Waals surface area contributed by atoms with E-state index in [0.29, 0.717) is 44.2 Å². The molecule has 2 heterocycles. The number of halogens is 4. The summed E-state index contributed by atoms with van der Waals surface area (Å²) < 4.78 is 45.4. The molecule has 3 rings (SSSR count). The smallest absolute Gasteiger partial charge is 0.475 e. The number of carboxylic acids is 1. The van der Waals surface area contributed by atoms with Gasteiger partial charge in [0.25, 0.3) is 5.91 Å². The maximum absolute atomic E-state index is 13.6. The number of alkyl halides is 3. The first-order chi connectivity index (χ1) is 16.5. The zero-order chi connectivity index (χ0) is 26.0. The summed E-state index contributed by atoms with van der Waals surface area (Å²) in [6.45, 7) is 8.12. The van der Waals surface area contributed by atoms with Gasteiger partial charge in [-0.3, -0.25) is 14.5 Å². The van der Waals surface area contributed by atoms with Crippen molar-refractivity contribution >= 4 is 17.8 Å². The Kier molecular flexibility index (Phi) is 10.9. The highest BCUT2D eigenvalue weighted by atomic mass is 19.4. The van der Waals surface area contributed by atoms with Gasteiger partial charge in [0.1, 0.15) is 5.82 Å². The van der Waals surface area contributed by atoms with Crippen LogP contribution < -0.4 is 5.32 Å². The number of rotatable bonds is 7. The third-order valence-electron chi connectivity index (χ3n) is 6.00. The van der Waals surface area contributed by atoms with Gasteiger partial charge in [0.05, 0.1) is 0 Å². The van der Waals surface area contributed by atoms with Crippen LogP contribution in [0.4, 0.5) is 17.6 Å². The number of hydrogen-bond donors (Lipinski definition) is 2. The lowest BCUT2D eigenvalue weighted by molar-refractivity contribution is -0.192. The van der Waals surface area contributed by atoms with Crippen molar-refractivity contribution in [3.8, 4) is 0 Å². The Labute approximate surface area is 201 Å². The maximum Gasteiger partial charge on any atom is 0.490 e. The number of carbonyl (C=O) groups is 3. The van der Waals surface area contributed by atoms with Crippen molar-refractivity contribution < 1.29 is 37.1 Å². The molecule has 2 fully saturated rings. The van der Waals surface area contributed by atoms with E-state index in [1.807, 2.05) is 4.90 Å². The number of amides is 2. The lowest BCUT2D eigenvalue weighted by Crippen LogP contribution is -2.48. The Morgan fingerprint density at radius 1 is 1.17 bits per heavy atom. The predicted molar refractivity (Wildman–Crippen MR) is 120 cm³/mol. The molecule has 0 bridgehead atoms. The summed E-state index contributed by atoms with van der Waals surface area (Å²) in [5, 5.41) is 10.4. The summed E-state index contributed by atoms with van der Waals surface area (Å²) in [6.07, 6.45) is -2.60. The van der Waals surface area contributed by atoms with E-state index >= 15 is 0 Å². The molecule has 2 saturated heterocycles. The maximum atomic E-state index is 13.6. The van der Waals surface area contributed by atoms with Gasteiger partial charge in [-0.15, -0.1) is 0 Å². The van der Waals surface area contributed by atoms with E-state index in [4.69, 9.17) is 9.90 Å². The molecule has 0 saturated carbocycles. The van der Waals surface area contributed by atoms with Crippen LogP contribution in [0.1, 0.15) is 36.5 Å². The van der Waals surface area contributed by atoms with E-state index in [9.17, 15) is 27.2 Å². The number of hydrogen-bond acceptors (Lipinski definition) is 5. The molecule has 196 valence electrons. The van der Waals surface area contributed by atoms with Crippen molar-refractivity contribution in [2.45, 2.75) is 38.4 Å². The van der Waals surface area contributed by atoms with Gasteiger partial charge >= 0.3 is 12.1 Å². The quantitative estimate of drug-likeness (QED) is 0.554. The molecular weight excluding hydrogens is 472 g/mol. The highest BCUT2D eigenvalue weighted by Crippen LogP contribution is 2.19. The number of nitrogens with zero attached hydrogens (tertiary/aromatic N) is 3. The molecule has 1 unspecified atom stereocenters. The second-order valence-corrected chi connectivity index (χ2v) is 8.37. The van der Waals surface area contributed by atoms with Gasteiger partial charge in [-0.1, -0.05) is 13.0 Å². The molecule has 2 amide bonds. The molecule has 0 spiro atoms. The fourth-order valence-corrected chi connectivity index (χ4v) is 4.16. The molecule has 0 radical (unpaired) electrons. The van der Waals surface area contributed by atoms with Crippen LogP contribution in [0.2, 0.25) is 0 Å². The first-order valence-electron chi connectivity index (χ1n) is 11.6. The van der Waals surface area contributed by atoms with Gasteiger partial charge in [0.15, 0.2) is 0 Å². The van der Waals surface area contributed by atoms with E-state index in [2.05, 4.69) is 17.1 Å².